The molecular formula is C13H15N3O3S. The zero-order valence-corrected chi connectivity index (χ0v) is 12.3. The van der Waals surface area contributed by atoms with E-state index in [1.165, 1.54) is 17.5 Å². The van der Waals surface area contributed by atoms with Crippen molar-refractivity contribution in [3.05, 3.63) is 34.7 Å². The smallest absolute Gasteiger partial charge is 0.348 e. The number of thiophene rings is 1. The number of ether oxygens (including phenoxy) is 1. The molecule has 0 radical (unpaired) electrons. The van der Waals surface area contributed by atoms with Crippen LogP contribution in [-0.2, 0) is 11.8 Å². The van der Waals surface area contributed by atoms with Crippen molar-refractivity contribution in [2.24, 2.45) is 7.05 Å². The predicted octanol–water partition coefficient (Wildman–Crippen LogP) is 2.22. The fraction of sp³-hybridized carbons (Fsp3) is 0.308. The molecule has 0 aliphatic carbocycles. The van der Waals surface area contributed by atoms with Crippen LogP contribution in [0.4, 0.5) is 5.00 Å². The highest BCUT2D eigenvalue weighted by Gasteiger charge is 2.17. The Hall–Kier alpha value is -2.15. The number of aryl methyl sites for hydroxylation is 2. The fourth-order valence-electron chi connectivity index (χ4n) is 1.69. The molecule has 0 spiro atoms. The Morgan fingerprint density at radius 2 is 2.25 bits per heavy atom. The maximum absolute atomic E-state index is 12.0. The van der Waals surface area contributed by atoms with Crippen molar-refractivity contribution in [1.82, 2.24) is 9.55 Å². The number of esters is 1. The van der Waals surface area contributed by atoms with E-state index < -0.39 is 0 Å². The highest BCUT2D eigenvalue weighted by molar-refractivity contribution is 7.18. The lowest BCUT2D eigenvalue weighted by Gasteiger charge is -2.02. The van der Waals surface area contributed by atoms with Crippen LogP contribution < -0.4 is 5.32 Å². The molecule has 6 nitrogen and oxygen atoms in total. The van der Waals surface area contributed by atoms with Gasteiger partial charge in [-0.25, -0.2) is 9.78 Å². The van der Waals surface area contributed by atoms with Crippen molar-refractivity contribution >= 4 is 28.2 Å². The summed E-state index contributed by atoms with van der Waals surface area (Å²) in [6, 6.07) is 1.76. The average molecular weight is 293 g/mol. The van der Waals surface area contributed by atoms with Gasteiger partial charge in [0, 0.05) is 7.05 Å². The van der Waals surface area contributed by atoms with Crippen LogP contribution in [0.15, 0.2) is 18.6 Å². The zero-order valence-electron chi connectivity index (χ0n) is 11.5. The molecular weight excluding hydrogens is 278 g/mol. The minimum absolute atomic E-state index is 0.262. The number of nitrogens with one attached hydrogen (secondary N) is 1. The van der Waals surface area contributed by atoms with E-state index in [1.807, 2.05) is 6.92 Å². The molecule has 0 saturated carbocycles. The molecule has 0 aliphatic heterocycles. The molecule has 0 fully saturated rings. The van der Waals surface area contributed by atoms with Crippen molar-refractivity contribution in [3.63, 3.8) is 0 Å². The molecule has 2 aromatic heterocycles. The summed E-state index contributed by atoms with van der Waals surface area (Å²) in [6.45, 7) is 3.89. The Kier molecular flexibility index (Phi) is 4.19. The number of imidazole rings is 1. The third-order valence-corrected chi connectivity index (χ3v) is 3.80. The van der Waals surface area contributed by atoms with Gasteiger partial charge in [0.15, 0.2) is 0 Å². The summed E-state index contributed by atoms with van der Waals surface area (Å²) in [5.41, 5.74) is 1.24. The van der Waals surface area contributed by atoms with E-state index in [0.29, 0.717) is 22.2 Å². The molecule has 0 saturated heterocycles. The summed E-state index contributed by atoms with van der Waals surface area (Å²) in [5.74, 6) is -0.627. The number of nitrogens with zero attached hydrogens (tertiary/aromatic N) is 2. The van der Waals surface area contributed by atoms with Crippen LogP contribution in [0.1, 0.15) is 32.6 Å². The first kappa shape index (κ1) is 14.3. The molecule has 0 atom stereocenters. The SMILES string of the molecule is CCOC(=O)c1sc(NC(=O)c2cncn2C)cc1C. The van der Waals surface area contributed by atoms with E-state index in [0.717, 1.165) is 5.56 Å². The molecule has 106 valence electrons. The van der Waals surface area contributed by atoms with Gasteiger partial charge in [-0.05, 0) is 25.5 Å². The number of carbonyl (C=O) groups excluding carboxylic acids is 2. The zero-order chi connectivity index (χ0) is 14.7. The van der Waals surface area contributed by atoms with Crippen LogP contribution in [0.25, 0.3) is 0 Å². The summed E-state index contributed by atoms with van der Waals surface area (Å²) in [4.78, 5) is 28.1. The van der Waals surface area contributed by atoms with Gasteiger partial charge in [-0.2, -0.15) is 0 Å². The Balaban J connectivity index is 2.15. The largest absolute Gasteiger partial charge is 0.462 e. The minimum Gasteiger partial charge on any atom is -0.462 e. The van der Waals surface area contributed by atoms with Crippen molar-refractivity contribution in [2.75, 3.05) is 11.9 Å². The first-order chi connectivity index (χ1) is 9.52. The maximum Gasteiger partial charge on any atom is 0.348 e. The van der Waals surface area contributed by atoms with Gasteiger partial charge in [-0.3, -0.25) is 4.79 Å². The van der Waals surface area contributed by atoms with E-state index in [4.69, 9.17) is 4.74 Å². The number of hydrogen-bond acceptors (Lipinski definition) is 5. The highest BCUT2D eigenvalue weighted by Crippen LogP contribution is 2.27. The topological polar surface area (TPSA) is 73.2 Å². The number of rotatable bonds is 4. The second-order valence-electron chi connectivity index (χ2n) is 4.19. The summed E-state index contributed by atoms with van der Waals surface area (Å²) in [7, 11) is 1.74. The molecule has 20 heavy (non-hydrogen) atoms. The number of aromatic nitrogens is 2. The van der Waals surface area contributed by atoms with Crippen LogP contribution in [0.3, 0.4) is 0 Å². The Morgan fingerprint density at radius 3 is 2.85 bits per heavy atom. The maximum atomic E-state index is 12.0. The molecule has 2 aromatic rings. The van der Waals surface area contributed by atoms with Crippen LogP contribution >= 0.6 is 11.3 Å². The first-order valence-corrected chi connectivity index (χ1v) is 6.89. The number of anilines is 1. The second kappa shape index (κ2) is 5.87. The van der Waals surface area contributed by atoms with Crippen molar-refractivity contribution in [2.45, 2.75) is 13.8 Å². The molecule has 2 heterocycles. The third-order valence-electron chi connectivity index (χ3n) is 2.66. The second-order valence-corrected chi connectivity index (χ2v) is 5.24. The summed E-state index contributed by atoms with van der Waals surface area (Å²) in [6.07, 6.45) is 3.04. The quantitative estimate of drug-likeness (QED) is 0.877. The summed E-state index contributed by atoms with van der Waals surface area (Å²) < 4.78 is 6.59. The number of carbonyl (C=O) groups is 2. The average Bonchev–Trinajstić information content (AvgIpc) is 2.96. The Labute approximate surface area is 120 Å². The van der Waals surface area contributed by atoms with Crippen LogP contribution in [0.5, 0.6) is 0 Å². The molecule has 2 rings (SSSR count). The van der Waals surface area contributed by atoms with Gasteiger partial charge >= 0.3 is 5.97 Å². The first-order valence-electron chi connectivity index (χ1n) is 6.08. The van der Waals surface area contributed by atoms with E-state index in [2.05, 4.69) is 10.3 Å². The van der Waals surface area contributed by atoms with Gasteiger partial charge in [0.1, 0.15) is 10.6 Å². The van der Waals surface area contributed by atoms with Crippen molar-refractivity contribution in [3.8, 4) is 0 Å². The molecule has 0 bridgehead atoms. The Morgan fingerprint density at radius 1 is 1.50 bits per heavy atom. The molecule has 1 N–H and O–H groups in total. The van der Waals surface area contributed by atoms with Gasteiger partial charge in [0.25, 0.3) is 5.91 Å². The van der Waals surface area contributed by atoms with Crippen molar-refractivity contribution < 1.29 is 14.3 Å². The lowest BCUT2D eigenvalue weighted by atomic mass is 10.3. The monoisotopic (exact) mass is 293 g/mol. The van der Waals surface area contributed by atoms with E-state index in [-0.39, 0.29) is 11.9 Å². The third kappa shape index (κ3) is 2.88. The van der Waals surface area contributed by atoms with E-state index >= 15 is 0 Å². The molecule has 0 unspecified atom stereocenters. The number of hydrogen-bond donors (Lipinski definition) is 1. The van der Waals surface area contributed by atoms with Crippen LogP contribution in [-0.4, -0.2) is 28.0 Å². The van der Waals surface area contributed by atoms with Gasteiger partial charge in [0.05, 0.1) is 24.1 Å². The summed E-state index contributed by atoms with van der Waals surface area (Å²) in [5, 5.41) is 3.36. The lowest BCUT2D eigenvalue weighted by Crippen LogP contribution is -2.14. The number of amides is 1. The van der Waals surface area contributed by atoms with Crippen LogP contribution in [0, 0.1) is 6.92 Å². The standard InChI is InChI=1S/C13H15N3O3S/c1-4-19-13(18)11-8(2)5-10(20-11)15-12(17)9-6-14-7-16(9)3/h5-7H,4H2,1-3H3,(H,15,17). The van der Waals surface area contributed by atoms with Gasteiger partial charge in [0.2, 0.25) is 0 Å². The summed E-state index contributed by atoms with van der Waals surface area (Å²) >= 11 is 1.20. The van der Waals surface area contributed by atoms with E-state index in [9.17, 15) is 9.59 Å². The van der Waals surface area contributed by atoms with Crippen molar-refractivity contribution in [1.29, 1.82) is 0 Å². The van der Waals surface area contributed by atoms with Gasteiger partial charge in [-0.15, -0.1) is 11.3 Å². The Bertz CT molecular complexity index is 645. The van der Waals surface area contributed by atoms with E-state index in [1.54, 1.807) is 30.9 Å². The molecule has 7 heteroatoms. The highest BCUT2D eigenvalue weighted by atomic mass is 32.1. The molecule has 0 aromatic carbocycles. The molecule has 0 aliphatic rings. The van der Waals surface area contributed by atoms with Gasteiger partial charge in [-0.1, -0.05) is 0 Å². The molecule has 1 amide bonds. The predicted molar refractivity (Wildman–Crippen MR) is 76.2 cm³/mol. The minimum atomic E-state index is -0.365. The normalized spacial score (nSPS) is 10.3. The van der Waals surface area contributed by atoms with Crippen LogP contribution in [0.2, 0.25) is 0 Å². The van der Waals surface area contributed by atoms with Gasteiger partial charge < -0.3 is 14.6 Å². The fourth-order valence-corrected chi connectivity index (χ4v) is 2.66. The lowest BCUT2D eigenvalue weighted by molar-refractivity contribution is 0.0531.